The summed E-state index contributed by atoms with van der Waals surface area (Å²) in [4.78, 5) is 0. The SMILES string of the molecule is CC1(C)c2ccccc2-c2cc3c4ccccc4n(C4CCCCCCCCCC4)c3cc21. The Morgan fingerprint density at radius 1 is 0.606 bits per heavy atom. The quantitative estimate of drug-likeness (QED) is 0.280. The molecule has 0 radical (unpaired) electrons. The van der Waals surface area contributed by atoms with Gasteiger partial charge in [0.2, 0.25) is 0 Å². The Morgan fingerprint density at radius 2 is 1.24 bits per heavy atom. The van der Waals surface area contributed by atoms with Crippen molar-refractivity contribution in [3.8, 4) is 11.1 Å². The van der Waals surface area contributed by atoms with Crippen LogP contribution in [0.1, 0.15) is 95.2 Å². The molecule has 0 saturated heterocycles. The van der Waals surface area contributed by atoms with Crippen molar-refractivity contribution in [2.75, 3.05) is 0 Å². The second-order valence-corrected chi connectivity index (χ2v) is 11.0. The number of hydrogen-bond donors (Lipinski definition) is 0. The van der Waals surface area contributed by atoms with Crippen molar-refractivity contribution >= 4 is 21.8 Å². The number of rotatable bonds is 1. The van der Waals surface area contributed by atoms with E-state index < -0.39 is 0 Å². The fourth-order valence-electron chi connectivity index (χ4n) is 6.81. The third-order valence-electron chi connectivity index (χ3n) is 8.60. The molecule has 33 heavy (non-hydrogen) atoms. The van der Waals surface area contributed by atoms with Crippen LogP contribution in [0.4, 0.5) is 0 Å². The van der Waals surface area contributed by atoms with Crippen molar-refractivity contribution in [1.29, 1.82) is 0 Å². The van der Waals surface area contributed by atoms with Crippen LogP contribution in [0.5, 0.6) is 0 Å². The lowest BCUT2D eigenvalue weighted by atomic mass is 9.82. The molecule has 1 saturated carbocycles. The van der Waals surface area contributed by atoms with Crippen molar-refractivity contribution in [2.24, 2.45) is 0 Å². The summed E-state index contributed by atoms with van der Waals surface area (Å²) in [5.41, 5.74) is 8.77. The van der Waals surface area contributed by atoms with Crippen LogP contribution in [-0.4, -0.2) is 4.57 Å². The largest absolute Gasteiger partial charge is 0.337 e. The molecule has 0 unspecified atom stereocenters. The zero-order chi connectivity index (χ0) is 22.4. The second kappa shape index (κ2) is 8.35. The smallest absolute Gasteiger partial charge is 0.0497 e. The maximum absolute atomic E-state index is 2.75. The normalized spacial score (nSPS) is 19.3. The zero-order valence-electron chi connectivity index (χ0n) is 20.4. The summed E-state index contributed by atoms with van der Waals surface area (Å²) in [6.45, 7) is 4.81. The van der Waals surface area contributed by atoms with Crippen LogP contribution in [0.2, 0.25) is 0 Å². The highest BCUT2D eigenvalue weighted by atomic mass is 15.0. The molecule has 1 nitrogen and oxygen atoms in total. The van der Waals surface area contributed by atoms with Crippen LogP contribution < -0.4 is 0 Å². The van der Waals surface area contributed by atoms with Crippen molar-refractivity contribution < 1.29 is 0 Å². The minimum atomic E-state index is 0.0512. The van der Waals surface area contributed by atoms with Gasteiger partial charge in [0.1, 0.15) is 0 Å². The molecule has 0 bridgehead atoms. The van der Waals surface area contributed by atoms with Gasteiger partial charge in [0.25, 0.3) is 0 Å². The average Bonchev–Trinajstić information content (AvgIpc) is 3.24. The van der Waals surface area contributed by atoms with Gasteiger partial charge < -0.3 is 4.57 Å². The van der Waals surface area contributed by atoms with Gasteiger partial charge in [0, 0.05) is 33.3 Å². The van der Waals surface area contributed by atoms with E-state index in [0.717, 1.165) is 0 Å². The van der Waals surface area contributed by atoms with Crippen LogP contribution in [0, 0.1) is 0 Å². The molecule has 0 spiro atoms. The monoisotopic (exact) mass is 435 g/mol. The van der Waals surface area contributed by atoms with E-state index in [1.54, 1.807) is 0 Å². The van der Waals surface area contributed by atoms with Gasteiger partial charge in [-0.2, -0.15) is 0 Å². The molecule has 3 aromatic carbocycles. The van der Waals surface area contributed by atoms with Gasteiger partial charge in [-0.15, -0.1) is 0 Å². The number of fused-ring (bicyclic) bond motifs is 6. The first-order chi connectivity index (χ1) is 16.2. The van der Waals surface area contributed by atoms with Crippen LogP contribution >= 0.6 is 0 Å². The van der Waals surface area contributed by atoms with E-state index in [4.69, 9.17) is 0 Å². The van der Waals surface area contributed by atoms with E-state index in [1.165, 1.54) is 108 Å². The number of para-hydroxylation sites is 1. The standard InChI is InChI=1S/C32H37N/c1-32(2)28-19-13-11-17-24(28)26-21-27-25-18-12-14-20-30(25)33(31(27)22-29(26)32)23-15-9-7-5-3-4-6-8-10-16-23/h11-14,17-23H,3-10,15-16H2,1-2H3. The molecule has 1 fully saturated rings. The first-order valence-electron chi connectivity index (χ1n) is 13.3. The minimum Gasteiger partial charge on any atom is -0.337 e. The third-order valence-corrected chi connectivity index (χ3v) is 8.60. The Labute approximate surface area is 198 Å². The van der Waals surface area contributed by atoms with Gasteiger partial charge in [-0.05, 0) is 53.3 Å². The molecule has 0 aliphatic heterocycles. The van der Waals surface area contributed by atoms with Crippen LogP contribution in [0.15, 0.2) is 60.7 Å². The zero-order valence-corrected chi connectivity index (χ0v) is 20.4. The first-order valence-corrected chi connectivity index (χ1v) is 13.3. The molecule has 0 atom stereocenters. The fraction of sp³-hybridized carbons (Fsp3) is 0.438. The Balaban J connectivity index is 1.55. The highest BCUT2D eigenvalue weighted by molar-refractivity contribution is 6.10. The van der Waals surface area contributed by atoms with Gasteiger partial charge in [-0.25, -0.2) is 0 Å². The topological polar surface area (TPSA) is 4.93 Å². The lowest BCUT2D eigenvalue weighted by Crippen LogP contribution is -2.15. The number of nitrogens with zero attached hydrogens (tertiary/aromatic N) is 1. The minimum absolute atomic E-state index is 0.0512. The van der Waals surface area contributed by atoms with Gasteiger partial charge in [-0.1, -0.05) is 108 Å². The molecule has 170 valence electrons. The van der Waals surface area contributed by atoms with Crippen molar-refractivity contribution in [3.05, 3.63) is 71.8 Å². The second-order valence-electron chi connectivity index (χ2n) is 11.0. The van der Waals surface area contributed by atoms with E-state index in [0.29, 0.717) is 6.04 Å². The summed E-state index contributed by atoms with van der Waals surface area (Å²) >= 11 is 0. The van der Waals surface area contributed by atoms with Gasteiger partial charge in [0.05, 0.1) is 0 Å². The molecule has 2 aliphatic rings. The molecule has 1 heteroatoms. The molecule has 2 aliphatic carbocycles. The number of benzene rings is 3. The Morgan fingerprint density at radius 3 is 2.00 bits per heavy atom. The molecule has 4 aromatic rings. The van der Waals surface area contributed by atoms with Crippen LogP contribution in [-0.2, 0) is 5.41 Å². The highest BCUT2D eigenvalue weighted by Crippen LogP contribution is 2.51. The molecule has 1 heterocycles. The lowest BCUT2D eigenvalue weighted by Gasteiger charge is -2.24. The van der Waals surface area contributed by atoms with Crippen LogP contribution in [0.25, 0.3) is 32.9 Å². The fourth-order valence-corrected chi connectivity index (χ4v) is 6.81. The Hall–Kier alpha value is -2.54. The Kier molecular flexibility index (Phi) is 5.32. The summed E-state index contributed by atoms with van der Waals surface area (Å²) in [6, 6.07) is 23.9. The highest BCUT2D eigenvalue weighted by Gasteiger charge is 2.36. The van der Waals surface area contributed by atoms with Crippen molar-refractivity contribution in [1.82, 2.24) is 4.57 Å². The van der Waals surface area contributed by atoms with E-state index in [-0.39, 0.29) is 5.41 Å². The molecule has 1 aromatic heterocycles. The average molecular weight is 436 g/mol. The van der Waals surface area contributed by atoms with Crippen molar-refractivity contribution in [2.45, 2.75) is 89.5 Å². The van der Waals surface area contributed by atoms with E-state index in [2.05, 4.69) is 79.1 Å². The van der Waals surface area contributed by atoms with Gasteiger partial charge in [-0.3, -0.25) is 0 Å². The maximum Gasteiger partial charge on any atom is 0.0497 e. The molecule has 0 N–H and O–H groups in total. The summed E-state index contributed by atoms with van der Waals surface area (Å²) < 4.78 is 2.75. The van der Waals surface area contributed by atoms with Crippen molar-refractivity contribution in [3.63, 3.8) is 0 Å². The van der Waals surface area contributed by atoms with Crippen LogP contribution in [0.3, 0.4) is 0 Å². The summed E-state index contributed by atoms with van der Waals surface area (Å²) in [7, 11) is 0. The number of aromatic nitrogens is 1. The van der Waals surface area contributed by atoms with E-state index >= 15 is 0 Å². The van der Waals surface area contributed by atoms with Gasteiger partial charge in [0.15, 0.2) is 0 Å². The number of hydrogen-bond acceptors (Lipinski definition) is 0. The summed E-state index contributed by atoms with van der Waals surface area (Å²) in [5, 5.41) is 2.86. The van der Waals surface area contributed by atoms with E-state index in [1.807, 2.05) is 0 Å². The molecule has 6 rings (SSSR count). The lowest BCUT2D eigenvalue weighted by molar-refractivity contribution is 0.421. The molecular weight excluding hydrogens is 398 g/mol. The third kappa shape index (κ3) is 3.43. The maximum atomic E-state index is 2.75. The predicted octanol–water partition coefficient (Wildman–Crippen LogP) is 9.56. The molecule has 0 amide bonds. The summed E-state index contributed by atoms with van der Waals surface area (Å²) in [5.74, 6) is 0. The van der Waals surface area contributed by atoms with E-state index in [9.17, 15) is 0 Å². The first kappa shape index (κ1) is 21.0. The predicted molar refractivity (Wildman–Crippen MR) is 142 cm³/mol. The Bertz CT molecular complexity index is 1290. The van der Waals surface area contributed by atoms with Gasteiger partial charge >= 0.3 is 0 Å². The molecular formula is C32H37N. The summed E-state index contributed by atoms with van der Waals surface area (Å²) in [6.07, 6.45) is 13.8.